The van der Waals surface area contributed by atoms with Gasteiger partial charge in [-0.2, -0.15) is 0 Å². The van der Waals surface area contributed by atoms with E-state index in [4.69, 9.17) is 11.6 Å². The fourth-order valence-electron chi connectivity index (χ4n) is 3.32. The average Bonchev–Trinajstić information content (AvgIpc) is 2.74. The highest BCUT2D eigenvalue weighted by molar-refractivity contribution is 6.31. The van der Waals surface area contributed by atoms with E-state index in [0.717, 1.165) is 11.3 Å². The SMILES string of the molecule is C[C@@H]1CC(=O)Nc2ccccc2N1C(=O)C[NH2+][C@H](C)c1ccccc1Cl. The van der Waals surface area contributed by atoms with Gasteiger partial charge in [0, 0.05) is 23.0 Å². The number of hydrogen-bond donors (Lipinski definition) is 2. The van der Waals surface area contributed by atoms with Crippen molar-refractivity contribution in [1.82, 2.24) is 0 Å². The highest BCUT2D eigenvalue weighted by atomic mass is 35.5. The second-order valence-electron chi connectivity index (χ2n) is 6.63. The van der Waals surface area contributed by atoms with Crippen molar-refractivity contribution >= 4 is 34.8 Å². The number of rotatable bonds is 4. The minimum absolute atomic E-state index is 0.0275. The molecule has 0 saturated carbocycles. The summed E-state index contributed by atoms with van der Waals surface area (Å²) < 4.78 is 0. The Morgan fingerprint density at radius 3 is 2.73 bits per heavy atom. The first kappa shape index (κ1) is 18.4. The Morgan fingerprint density at radius 2 is 1.96 bits per heavy atom. The minimum atomic E-state index is -0.199. The minimum Gasteiger partial charge on any atom is -0.332 e. The Kier molecular flexibility index (Phi) is 5.59. The number of nitrogens with two attached hydrogens (primary N) is 1. The van der Waals surface area contributed by atoms with Crippen LogP contribution in [0.25, 0.3) is 0 Å². The predicted molar refractivity (Wildman–Crippen MR) is 103 cm³/mol. The summed E-state index contributed by atoms with van der Waals surface area (Å²) in [6.45, 7) is 4.20. The Labute approximate surface area is 158 Å². The van der Waals surface area contributed by atoms with Crippen LogP contribution in [0.5, 0.6) is 0 Å². The van der Waals surface area contributed by atoms with Crippen LogP contribution < -0.4 is 15.5 Å². The van der Waals surface area contributed by atoms with E-state index in [0.29, 0.717) is 10.7 Å². The zero-order valence-corrected chi connectivity index (χ0v) is 15.7. The van der Waals surface area contributed by atoms with E-state index in [-0.39, 0.29) is 36.9 Å². The average molecular weight is 373 g/mol. The summed E-state index contributed by atoms with van der Waals surface area (Å²) in [5.41, 5.74) is 2.42. The number of carbonyl (C=O) groups is 2. The molecule has 2 atom stereocenters. The van der Waals surface area contributed by atoms with Crippen LogP contribution in [0, 0.1) is 0 Å². The summed E-state index contributed by atoms with van der Waals surface area (Å²) in [5, 5.41) is 5.55. The first-order valence-corrected chi connectivity index (χ1v) is 9.14. The third kappa shape index (κ3) is 3.89. The molecule has 26 heavy (non-hydrogen) atoms. The first-order chi connectivity index (χ1) is 12.5. The lowest BCUT2D eigenvalue weighted by Gasteiger charge is -2.27. The molecule has 5 nitrogen and oxygen atoms in total. The molecule has 0 aliphatic carbocycles. The number of nitrogens with one attached hydrogen (secondary N) is 1. The van der Waals surface area contributed by atoms with Gasteiger partial charge in [0.2, 0.25) is 5.91 Å². The van der Waals surface area contributed by atoms with Crippen LogP contribution in [0.4, 0.5) is 11.4 Å². The van der Waals surface area contributed by atoms with Gasteiger partial charge in [0.15, 0.2) is 6.54 Å². The standard InChI is InChI=1S/C20H22ClN3O2/c1-13-11-19(25)23-17-9-5-6-10-18(17)24(13)20(26)12-22-14(2)15-7-3-4-8-16(15)21/h3-10,13-14,22H,11-12H2,1-2H3,(H,23,25)/p+1/t13-,14-/m1/s1. The Balaban J connectivity index is 1.76. The van der Waals surface area contributed by atoms with Crippen LogP contribution in [0.3, 0.4) is 0 Å². The molecule has 136 valence electrons. The van der Waals surface area contributed by atoms with Crippen molar-refractivity contribution in [2.45, 2.75) is 32.4 Å². The highest BCUT2D eigenvalue weighted by Crippen LogP contribution is 2.31. The largest absolute Gasteiger partial charge is 0.332 e. The summed E-state index contributed by atoms with van der Waals surface area (Å²) in [6, 6.07) is 14.9. The number of carbonyl (C=O) groups excluding carboxylic acids is 2. The van der Waals surface area contributed by atoms with Crippen molar-refractivity contribution in [3.05, 3.63) is 59.1 Å². The number of quaternary nitrogens is 1. The molecule has 0 spiro atoms. The van der Waals surface area contributed by atoms with Crippen LogP contribution in [0.1, 0.15) is 31.9 Å². The van der Waals surface area contributed by atoms with Crippen LogP contribution in [-0.2, 0) is 9.59 Å². The molecular weight excluding hydrogens is 350 g/mol. The van der Waals surface area contributed by atoms with E-state index in [1.165, 1.54) is 0 Å². The van der Waals surface area contributed by atoms with Crippen molar-refractivity contribution in [1.29, 1.82) is 0 Å². The zero-order chi connectivity index (χ0) is 18.7. The fraction of sp³-hybridized carbons (Fsp3) is 0.300. The van der Waals surface area contributed by atoms with Gasteiger partial charge in [-0.05, 0) is 32.0 Å². The molecule has 2 amide bonds. The molecule has 6 heteroatoms. The predicted octanol–water partition coefficient (Wildman–Crippen LogP) is 2.73. The molecule has 3 N–H and O–H groups in total. The number of para-hydroxylation sites is 2. The molecule has 0 saturated heterocycles. The number of benzene rings is 2. The maximum Gasteiger partial charge on any atom is 0.282 e. The van der Waals surface area contributed by atoms with E-state index in [1.54, 1.807) is 4.90 Å². The summed E-state index contributed by atoms with van der Waals surface area (Å²) in [4.78, 5) is 26.7. The molecule has 0 unspecified atom stereocenters. The van der Waals surface area contributed by atoms with Crippen molar-refractivity contribution < 1.29 is 14.9 Å². The van der Waals surface area contributed by atoms with E-state index < -0.39 is 0 Å². The second-order valence-corrected chi connectivity index (χ2v) is 7.04. The van der Waals surface area contributed by atoms with Gasteiger partial charge in [-0.25, -0.2) is 0 Å². The molecule has 2 aromatic rings. The zero-order valence-electron chi connectivity index (χ0n) is 14.9. The normalized spacial score (nSPS) is 17.9. The van der Waals surface area contributed by atoms with E-state index in [9.17, 15) is 9.59 Å². The topological polar surface area (TPSA) is 66.0 Å². The molecule has 1 aliphatic heterocycles. The molecule has 2 aromatic carbocycles. The van der Waals surface area contributed by atoms with Gasteiger partial charge in [-0.15, -0.1) is 0 Å². The maximum atomic E-state index is 13.0. The Morgan fingerprint density at radius 1 is 1.27 bits per heavy atom. The number of nitrogens with zero attached hydrogens (tertiary/aromatic N) is 1. The lowest BCUT2D eigenvalue weighted by Crippen LogP contribution is -2.87. The van der Waals surface area contributed by atoms with Crippen LogP contribution in [0.15, 0.2) is 48.5 Å². The lowest BCUT2D eigenvalue weighted by atomic mass is 10.1. The molecular formula is C20H23ClN3O2+. The van der Waals surface area contributed by atoms with Gasteiger partial charge in [0.25, 0.3) is 5.91 Å². The third-order valence-corrected chi connectivity index (χ3v) is 5.01. The van der Waals surface area contributed by atoms with Gasteiger partial charge < -0.3 is 15.5 Å². The van der Waals surface area contributed by atoms with Gasteiger partial charge in [-0.1, -0.05) is 41.9 Å². The summed E-state index contributed by atoms with van der Waals surface area (Å²) in [6.07, 6.45) is 0.278. The Bertz CT molecular complexity index is 824. The highest BCUT2D eigenvalue weighted by Gasteiger charge is 2.30. The molecule has 3 rings (SSSR count). The van der Waals surface area contributed by atoms with Crippen molar-refractivity contribution in [3.63, 3.8) is 0 Å². The fourth-order valence-corrected chi connectivity index (χ4v) is 3.62. The lowest BCUT2D eigenvalue weighted by molar-refractivity contribution is -0.682. The van der Waals surface area contributed by atoms with E-state index in [2.05, 4.69) is 5.32 Å². The van der Waals surface area contributed by atoms with Gasteiger partial charge in [-0.3, -0.25) is 9.59 Å². The number of amides is 2. The van der Waals surface area contributed by atoms with Gasteiger partial charge >= 0.3 is 0 Å². The van der Waals surface area contributed by atoms with Crippen LogP contribution in [-0.4, -0.2) is 24.4 Å². The monoisotopic (exact) mass is 372 g/mol. The molecule has 1 heterocycles. The molecule has 0 radical (unpaired) electrons. The van der Waals surface area contributed by atoms with E-state index in [1.807, 2.05) is 67.7 Å². The smallest absolute Gasteiger partial charge is 0.282 e. The quantitative estimate of drug-likeness (QED) is 0.866. The molecule has 0 aromatic heterocycles. The van der Waals surface area contributed by atoms with Crippen LogP contribution in [0.2, 0.25) is 5.02 Å². The molecule has 1 aliphatic rings. The number of halogens is 1. The molecule has 0 fully saturated rings. The number of hydrogen-bond acceptors (Lipinski definition) is 2. The van der Waals surface area contributed by atoms with Gasteiger partial charge in [0.05, 0.1) is 11.4 Å². The second kappa shape index (κ2) is 7.89. The summed E-state index contributed by atoms with van der Waals surface area (Å²) in [7, 11) is 0. The van der Waals surface area contributed by atoms with Crippen molar-refractivity contribution in [3.8, 4) is 0 Å². The van der Waals surface area contributed by atoms with Gasteiger partial charge in [0.1, 0.15) is 6.04 Å². The third-order valence-electron chi connectivity index (χ3n) is 4.67. The van der Waals surface area contributed by atoms with Crippen molar-refractivity contribution in [2.24, 2.45) is 0 Å². The first-order valence-electron chi connectivity index (χ1n) is 8.76. The number of fused-ring (bicyclic) bond motifs is 1. The summed E-state index contributed by atoms with van der Waals surface area (Å²) >= 11 is 6.25. The van der Waals surface area contributed by atoms with E-state index >= 15 is 0 Å². The number of anilines is 2. The maximum absolute atomic E-state index is 13.0. The summed E-state index contributed by atoms with van der Waals surface area (Å²) in [5.74, 6) is -0.103. The Hall–Kier alpha value is -2.37. The van der Waals surface area contributed by atoms with Crippen LogP contribution >= 0.6 is 11.6 Å². The molecule has 0 bridgehead atoms. The van der Waals surface area contributed by atoms with Crippen molar-refractivity contribution in [2.75, 3.05) is 16.8 Å².